The summed E-state index contributed by atoms with van der Waals surface area (Å²) in [5, 5.41) is 15.9. The Balaban J connectivity index is 1.80. The van der Waals surface area contributed by atoms with Crippen LogP contribution in [0.5, 0.6) is 0 Å². The molecule has 0 saturated heterocycles. The minimum atomic E-state index is -0.671. The van der Waals surface area contributed by atoms with Gasteiger partial charge in [-0.3, -0.25) is 19.7 Å². The van der Waals surface area contributed by atoms with E-state index in [0.29, 0.717) is 13.0 Å². The Hall–Kier alpha value is -2.93. The van der Waals surface area contributed by atoms with Gasteiger partial charge < -0.3 is 10.6 Å². The van der Waals surface area contributed by atoms with E-state index in [2.05, 4.69) is 10.6 Å². The fourth-order valence-electron chi connectivity index (χ4n) is 2.11. The second-order valence-electron chi connectivity index (χ2n) is 5.19. The lowest BCUT2D eigenvalue weighted by atomic mass is 10.1. The average Bonchev–Trinajstić information content (AvgIpc) is 2.60. The number of carbonyl (C=O) groups is 2. The lowest BCUT2D eigenvalue weighted by Gasteiger charge is -2.07. The Labute approximate surface area is 149 Å². The first-order valence-corrected chi connectivity index (χ1v) is 7.88. The van der Waals surface area contributed by atoms with E-state index in [4.69, 9.17) is 11.6 Å². The number of nitrogens with one attached hydrogen (secondary N) is 2. The smallest absolute Gasteiger partial charge is 0.288 e. The number of amides is 2. The zero-order chi connectivity index (χ0) is 18.2. The van der Waals surface area contributed by atoms with Crippen LogP contribution in [0, 0.1) is 10.1 Å². The Bertz CT molecular complexity index is 781. The standard InChI is InChI=1S/C17H16ClN3O4/c18-14-7-6-13(10-15(14)21(24)25)17(23)20-11-16(22)19-9-8-12-4-2-1-3-5-12/h1-7,10H,8-9,11H2,(H,19,22)(H,20,23). The van der Waals surface area contributed by atoms with E-state index in [1.165, 1.54) is 12.1 Å². The van der Waals surface area contributed by atoms with Crippen LogP contribution in [-0.2, 0) is 11.2 Å². The summed E-state index contributed by atoms with van der Waals surface area (Å²) in [5.41, 5.74) is 0.801. The number of halogens is 1. The van der Waals surface area contributed by atoms with Gasteiger partial charge in [0.15, 0.2) is 0 Å². The molecule has 0 fully saturated rings. The summed E-state index contributed by atoms with van der Waals surface area (Å²) in [6, 6.07) is 13.4. The summed E-state index contributed by atoms with van der Waals surface area (Å²) < 4.78 is 0. The van der Waals surface area contributed by atoms with E-state index < -0.39 is 10.8 Å². The monoisotopic (exact) mass is 361 g/mol. The van der Waals surface area contributed by atoms with Gasteiger partial charge in [0.05, 0.1) is 11.5 Å². The van der Waals surface area contributed by atoms with Crippen molar-refractivity contribution in [2.45, 2.75) is 6.42 Å². The number of rotatable bonds is 7. The molecule has 0 spiro atoms. The molecule has 0 heterocycles. The van der Waals surface area contributed by atoms with E-state index in [1.54, 1.807) is 0 Å². The SMILES string of the molecule is O=C(CNC(=O)c1ccc(Cl)c([N+](=O)[O-])c1)NCCc1ccccc1. The van der Waals surface area contributed by atoms with Gasteiger partial charge in [0.1, 0.15) is 5.02 Å². The van der Waals surface area contributed by atoms with Crippen LogP contribution >= 0.6 is 11.6 Å². The zero-order valence-corrected chi connectivity index (χ0v) is 14.0. The van der Waals surface area contributed by atoms with Gasteiger partial charge in [0, 0.05) is 18.2 Å². The van der Waals surface area contributed by atoms with Crippen molar-refractivity contribution in [2.75, 3.05) is 13.1 Å². The Morgan fingerprint density at radius 2 is 1.80 bits per heavy atom. The maximum absolute atomic E-state index is 12.0. The third-order valence-corrected chi connectivity index (χ3v) is 3.71. The first-order valence-electron chi connectivity index (χ1n) is 7.50. The van der Waals surface area contributed by atoms with E-state index in [1.807, 2.05) is 30.3 Å². The molecule has 2 rings (SSSR count). The average molecular weight is 362 g/mol. The van der Waals surface area contributed by atoms with Crippen LogP contribution < -0.4 is 10.6 Å². The van der Waals surface area contributed by atoms with Crippen molar-refractivity contribution in [2.24, 2.45) is 0 Å². The van der Waals surface area contributed by atoms with Crippen LogP contribution in [0.25, 0.3) is 0 Å². The molecule has 0 radical (unpaired) electrons. The third kappa shape index (κ3) is 5.58. The van der Waals surface area contributed by atoms with Gasteiger partial charge in [-0.2, -0.15) is 0 Å². The lowest BCUT2D eigenvalue weighted by Crippen LogP contribution is -2.37. The van der Waals surface area contributed by atoms with Gasteiger partial charge in [0.25, 0.3) is 11.6 Å². The Morgan fingerprint density at radius 3 is 2.48 bits per heavy atom. The molecule has 2 aromatic carbocycles. The minimum absolute atomic E-state index is 0.0554. The van der Waals surface area contributed by atoms with Gasteiger partial charge in [-0.15, -0.1) is 0 Å². The highest BCUT2D eigenvalue weighted by Crippen LogP contribution is 2.24. The maximum Gasteiger partial charge on any atom is 0.288 e. The number of nitro benzene ring substituents is 1. The Morgan fingerprint density at radius 1 is 1.08 bits per heavy atom. The molecular formula is C17H16ClN3O4. The van der Waals surface area contributed by atoms with Crippen molar-refractivity contribution in [1.29, 1.82) is 0 Å². The highest BCUT2D eigenvalue weighted by molar-refractivity contribution is 6.32. The van der Waals surface area contributed by atoms with Crippen molar-refractivity contribution in [3.05, 3.63) is 74.8 Å². The van der Waals surface area contributed by atoms with Gasteiger partial charge >= 0.3 is 0 Å². The number of hydrogen-bond donors (Lipinski definition) is 2. The number of carbonyl (C=O) groups excluding carboxylic acids is 2. The van der Waals surface area contributed by atoms with Crippen molar-refractivity contribution >= 4 is 29.1 Å². The normalized spacial score (nSPS) is 10.1. The van der Waals surface area contributed by atoms with E-state index >= 15 is 0 Å². The maximum atomic E-state index is 12.0. The summed E-state index contributed by atoms with van der Waals surface area (Å²) in [6.45, 7) is 0.231. The number of nitro groups is 1. The van der Waals surface area contributed by atoms with Gasteiger partial charge in [0.2, 0.25) is 5.91 Å². The Kier molecular flexibility index (Phi) is 6.47. The molecule has 130 valence electrons. The molecule has 0 unspecified atom stereocenters. The van der Waals surface area contributed by atoms with Crippen molar-refractivity contribution in [3.8, 4) is 0 Å². The van der Waals surface area contributed by atoms with Crippen LogP contribution in [0.15, 0.2) is 48.5 Å². The predicted molar refractivity (Wildman–Crippen MR) is 93.6 cm³/mol. The summed E-state index contributed by atoms with van der Waals surface area (Å²) in [6.07, 6.45) is 0.684. The zero-order valence-electron chi connectivity index (χ0n) is 13.2. The van der Waals surface area contributed by atoms with Gasteiger partial charge in [-0.25, -0.2) is 0 Å². The van der Waals surface area contributed by atoms with Gasteiger partial charge in [-0.1, -0.05) is 41.9 Å². The van der Waals surface area contributed by atoms with Crippen LogP contribution in [-0.4, -0.2) is 29.8 Å². The van der Waals surface area contributed by atoms with E-state index in [-0.39, 0.29) is 28.7 Å². The molecule has 0 aliphatic carbocycles. The van der Waals surface area contributed by atoms with Gasteiger partial charge in [-0.05, 0) is 24.1 Å². The summed E-state index contributed by atoms with van der Waals surface area (Å²) >= 11 is 5.69. The molecule has 0 atom stereocenters. The van der Waals surface area contributed by atoms with Crippen LogP contribution in [0.1, 0.15) is 15.9 Å². The molecule has 2 aromatic rings. The summed E-state index contributed by atoms with van der Waals surface area (Å²) in [7, 11) is 0. The summed E-state index contributed by atoms with van der Waals surface area (Å²) in [5.74, 6) is -0.925. The molecule has 2 amide bonds. The quantitative estimate of drug-likeness (QED) is 0.583. The fraction of sp³-hybridized carbons (Fsp3) is 0.176. The third-order valence-electron chi connectivity index (χ3n) is 3.39. The molecule has 7 nitrogen and oxygen atoms in total. The van der Waals surface area contributed by atoms with Crippen molar-refractivity contribution < 1.29 is 14.5 Å². The predicted octanol–water partition coefficient (Wildman–Crippen LogP) is 2.34. The van der Waals surface area contributed by atoms with E-state index in [9.17, 15) is 19.7 Å². The molecule has 8 heteroatoms. The summed E-state index contributed by atoms with van der Waals surface area (Å²) in [4.78, 5) is 33.9. The molecule has 0 saturated carbocycles. The second kappa shape index (κ2) is 8.79. The van der Waals surface area contributed by atoms with Crippen LogP contribution in [0.4, 0.5) is 5.69 Å². The number of hydrogen-bond acceptors (Lipinski definition) is 4. The topological polar surface area (TPSA) is 101 Å². The molecule has 0 aromatic heterocycles. The molecule has 2 N–H and O–H groups in total. The highest BCUT2D eigenvalue weighted by Gasteiger charge is 2.16. The molecular weight excluding hydrogens is 346 g/mol. The van der Waals surface area contributed by atoms with Crippen molar-refractivity contribution in [3.63, 3.8) is 0 Å². The lowest BCUT2D eigenvalue weighted by molar-refractivity contribution is -0.384. The first kappa shape index (κ1) is 18.4. The molecule has 25 heavy (non-hydrogen) atoms. The number of nitrogens with zero attached hydrogens (tertiary/aromatic N) is 1. The molecule has 0 bridgehead atoms. The molecule has 0 aliphatic heterocycles. The fourth-order valence-corrected chi connectivity index (χ4v) is 2.30. The van der Waals surface area contributed by atoms with Crippen LogP contribution in [0.3, 0.4) is 0 Å². The largest absolute Gasteiger partial charge is 0.354 e. The van der Waals surface area contributed by atoms with Crippen molar-refractivity contribution in [1.82, 2.24) is 10.6 Å². The first-order chi connectivity index (χ1) is 12.0. The second-order valence-corrected chi connectivity index (χ2v) is 5.60. The van der Waals surface area contributed by atoms with Crippen LogP contribution in [0.2, 0.25) is 5.02 Å². The number of benzene rings is 2. The van der Waals surface area contributed by atoms with E-state index in [0.717, 1.165) is 11.6 Å². The molecule has 0 aliphatic rings. The highest BCUT2D eigenvalue weighted by atomic mass is 35.5. The minimum Gasteiger partial charge on any atom is -0.354 e.